The molecule has 1 atom stereocenters. The van der Waals surface area contributed by atoms with Gasteiger partial charge in [-0.15, -0.1) is 0 Å². The lowest BCUT2D eigenvalue weighted by Crippen LogP contribution is -2.36. The van der Waals surface area contributed by atoms with Crippen LogP contribution in [-0.4, -0.2) is 50.4 Å². The van der Waals surface area contributed by atoms with Crippen LogP contribution in [0.2, 0.25) is 0 Å². The van der Waals surface area contributed by atoms with Gasteiger partial charge in [0.05, 0.1) is 6.54 Å². The van der Waals surface area contributed by atoms with Crippen molar-refractivity contribution in [1.82, 2.24) is 15.5 Å². The summed E-state index contributed by atoms with van der Waals surface area (Å²) in [5.41, 5.74) is 0. The minimum Gasteiger partial charge on any atom is -0.347 e. The van der Waals surface area contributed by atoms with Crippen LogP contribution in [-0.2, 0) is 9.59 Å². The first-order valence-electron chi connectivity index (χ1n) is 5.77. The van der Waals surface area contributed by atoms with Gasteiger partial charge in [-0.25, -0.2) is 0 Å². The fourth-order valence-electron chi connectivity index (χ4n) is 1.72. The lowest BCUT2D eigenvalue weighted by molar-refractivity contribution is -0.130. The van der Waals surface area contributed by atoms with E-state index in [1.165, 1.54) is 4.90 Å². The fourth-order valence-corrected chi connectivity index (χ4v) is 1.72. The van der Waals surface area contributed by atoms with Crippen LogP contribution < -0.4 is 10.6 Å². The van der Waals surface area contributed by atoms with E-state index in [4.69, 9.17) is 0 Å². The van der Waals surface area contributed by atoms with Gasteiger partial charge in [0.1, 0.15) is 0 Å². The van der Waals surface area contributed by atoms with Gasteiger partial charge in [0, 0.05) is 20.5 Å². The summed E-state index contributed by atoms with van der Waals surface area (Å²) in [7, 11) is 3.36. The molecule has 16 heavy (non-hydrogen) atoms. The molecule has 2 amide bonds. The highest BCUT2D eigenvalue weighted by atomic mass is 16.2. The molecule has 1 heterocycles. The Morgan fingerprint density at radius 2 is 2.19 bits per heavy atom. The smallest absolute Gasteiger partial charge is 0.241 e. The Balaban J connectivity index is 2.08. The van der Waals surface area contributed by atoms with Crippen LogP contribution in [0.25, 0.3) is 0 Å². The third kappa shape index (κ3) is 4.61. The van der Waals surface area contributed by atoms with Crippen LogP contribution >= 0.6 is 0 Å². The number of carbonyl (C=O) groups is 2. The summed E-state index contributed by atoms with van der Waals surface area (Å²) in [6, 6.07) is 0. The zero-order valence-electron chi connectivity index (χ0n) is 10.1. The van der Waals surface area contributed by atoms with E-state index < -0.39 is 0 Å². The standard InChI is InChI=1S/C11H21N3O2/c1-14(2)11(16)8-13-10(15)4-3-9-5-6-12-7-9/h9,12H,3-8H2,1-2H3,(H,13,15). The number of nitrogens with zero attached hydrogens (tertiary/aromatic N) is 1. The Morgan fingerprint density at radius 3 is 2.75 bits per heavy atom. The average Bonchev–Trinajstić information content (AvgIpc) is 2.75. The minimum absolute atomic E-state index is 0.0258. The topological polar surface area (TPSA) is 61.4 Å². The van der Waals surface area contributed by atoms with Gasteiger partial charge in [-0.3, -0.25) is 9.59 Å². The molecule has 0 spiro atoms. The molecule has 1 saturated heterocycles. The highest BCUT2D eigenvalue weighted by Gasteiger charge is 2.15. The molecular formula is C11H21N3O2. The Hall–Kier alpha value is -1.10. The molecule has 92 valence electrons. The van der Waals surface area contributed by atoms with E-state index >= 15 is 0 Å². The third-order valence-corrected chi connectivity index (χ3v) is 2.88. The van der Waals surface area contributed by atoms with Crippen LogP contribution in [0.3, 0.4) is 0 Å². The highest BCUT2D eigenvalue weighted by molar-refractivity contribution is 5.84. The second-order valence-corrected chi connectivity index (χ2v) is 4.46. The van der Waals surface area contributed by atoms with Crippen molar-refractivity contribution in [2.75, 3.05) is 33.7 Å². The molecule has 1 unspecified atom stereocenters. The van der Waals surface area contributed by atoms with Gasteiger partial charge >= 0.3 is 0 Å². The van der Waals surface area contributed by atoms with E-state index in [2.05, 4.69) is 10.6 Å². The second-order valence-electron chi connectivity index (χ2n) is 4.46. The summed E-state index contributed by atoms with van der Waals surface area (Å²) in [4.78, 5) is 24.1. The summed E-state index contributed by atoms with van der Waals surface area (Å²) in [6.45, 7) is 2.18. The van der Waals surface area contributed by atoms with Gasteiger partial charge in [0.25, 0.3) is 0 Å². The molecule has 1 aliphatic heterocycles. The molecule has 0 bridgehead atoms. The van der Waals surface area contributed by atoms with E-state index in [1.807, 2.05) is 0 Å². The Labute approximate surface area is 96.6 Å². The third-order valence-electron chi connectivity index (χ3n) is 2.88. The molecule has 5 heteroatoms. The van der Waals surface area contributed by atoms with Gasteiger partial charge in [-0.2, -0.15) is 0 Å². The molecule has 0 aromatic rings. The molecular weight excluding hydrogens is 206 g/mol. The predicted molar refractivity (Wildman–Crippen MR) is 61.9 cm³/mol. The minimum atomic E-state index is -0.0733. The van der Waals surface area contributed by atoms with Gasteiger partial charge in [-0.1, -0.05) is 0 Å². The Bertz CT molecular complexity index is 248. The molecule has 1 aliphatic rings. The number of carbonyl (C=O) groups excluding carboxylic acids is 2. The molecule has 1 fully saturated rings. The zero-order chi connectivity index (χ0) is 12.0. The molecule has 5 nitrogen and oxygen atoms in total. The van der Waals surface area contributed by atoms with E-state index in [-0.39, 0.29) is 18.4 Å². The van der Waals surface area contributed by atoms with E-state index in [9.17, 15) is 9.59 Å². The molecule has 0 saturated carbocycles. The number of rotatable bonds is 5. The molecule has 0 aromatic carbocycles. The van der Waals surface area contributed by atoms with Crippen LogP contribution in [0.5, 0.6) is 0 Å². The monoisotopic (exact) mass is 227 g/mol. The van der Waals surface area contributed by atoms with Crippen LogP contribution in [0.15, 0.2) is 0 Å². The van der Waals surface area contributed by atoms with Crippen LogP contribution in [0.1, 0.15) is 19.3 Å². The molecule has 1 rings (SSSR count). The van der Waals surface area contributed by atoms with Gasteiger partial charge < -0.3 is 15.5 Å². The van der Waals surface area contributed by atoms with Crippen molar-refractivity contribution < 1.29 is 9.59 Å². The number of likely N-dealkylation sites (N-methyl/N-ethyl adjacent to an activating group) is 1. The summed E-state index contributed by atoms with van der Waals surface area (Å²) in [5.74, 6) is 0.522. The lowest BCUT2D eigenvalue weighted by Gasteiger charge is -2.11. The maximum Gasteiger partial charge on any atom is 0.241 e. The average molecular weight is 227 g/mol. The summed E-state index contributed by atoms with van der Waals surface area (Å²) in [6.07, 6.45) is 2.59. The Kier molecular flexibility index (Phi) is 5.25. The maximum absolute atomic E-state index is 11.4. The molecule has 0 radical (unpaired) electrons. The van der Waals surface area contributed by atoms with Crippen molar-refractivity contribution in [2.45, 2.75) is 19.3 Å². The summed E-state index contributed by atoms with van der Waals surface area (Å²) in [5, 5.41) is 5.91. The maximum atomic E-state index is 11.4. The SMILES string of the molecule is CN(C)C(=O)CNC(=O)CCC1CCNC1. The largest absolute Gasteiger partial charge is 0.347 e. The van der Waals surface area contributed by atoms with Crippen LogP contribution in [0, 0.1) is 5.92 Å². The highest BCUT2D eigenvalue weighted by Crippen LogP contribution is 2.13. The second kappa shape index (κ2) is 6.48. The van der Waals surface area contributed by atoms with Crippen LogP contribution in [0.4, 0.5) is 0 Å². The van der Waals surface area contributed by atoms with Crippen molar-refractivity contribution in [3.63, 3.8) is 0 Å². The van der Waals surface area contributed by atoms with Crippen molar-refractivity contribution >= 4 is 11.8 Å². The first-order chi connectivity index (χ1) is 7.59. The first-order valence-corrected chi connectivity index (χ1v) is 5.77. The van der Waals surface area contributed by atoms with E-state index in [0.717, 1.165) is 25.9 Å². The van der Waals surface area contributed by atoms with Crippen molar-refractivity contribution in [1.29, 1.82) is 0 Å². The van der Waals surface area contributed by atoms with E-state index in [1.54, 1.807) is 14.1 Å². The number of hydrogen-bond donors (Lipinski definition) is 2. The van der Waals surface area contributed by atoms with E-state index in [0.29, 0.717) is 12.3 Å². The normalized spacial score (nSPS) is 19.5. The summed E-state index contributed by atoms with van der Waals surface area (Å²) < 4.78 is 0. The predicted octanol–water partition coefficient (Wildman–Crippen LogP) is -0.419. The van der Waals surface area contributed by atoms with Crippen molar-refractivity contribution in [3.05, 3.63) is 0 Å². The number of hydrogen-bond acceptors (Lipinski definition) is 3. The first kappa shape index (κ1) is 13.0. The van der Waals surface area contributed by atoms with Crippen molar-refractivity contribution in [2.24, 2.45) is 5.92 Å². The quantitative estimate of drug-likeness (QED) is 0.670. The fraction of sp³-hybridized carbons (Fsp3) is 0.818. The van der Waals surface area contributed by atoms with Gasteiger partial charge in [-0.05, 0) is 31.8 Å². The van der Waals surface area contributed by atoms with Gasteiger partial charge in [0.2, 0.25) is 11.8 Å². The zero-order valence-corrected chi connectivity index (χ0v) is 10.1. The summed E-state index contributed by atoms with van der Waals surface area (Å²) >= 11 is 0. The lowest BCUT2D eigenvalue weighted by atomic mass is 10.0. The molecule has 2 N–H and O–H groups in total. The number of nitrogens with one attached hydrogen (secondary N) is 2. The molecule has 0 aromatic heterocycles. The Morgan fingerprint density at radius 1 is 1.44 bits per heavy atom. The van der Waals surface area contributed by atoms with Gasteiger partial charge in [0.15, 0.2) is 0 Å². The van der Waals surface area contributed by atoms with Crippen molar-refractivity contribution in [3.8, 4) is 0 Å². The molecule has 0 aliphatic carbocycles. The number of amides is 2.